The quantitative estimate of drug-likeness (QED) is 0.584. The first kappa shape index (κ1) is 20.3. The largest absolute Gasteiger partial charge is 0.489 e. The summed E-state index contributed by atoms with van der Waals surface area (Å²) in [6.07, 6.45) is 0. The Morgan fingerprint density at radius 3 is 2.19 bits per heavy atom. The summed E-state index contributed by atoms with van der Waals surface area (Å²) in [6.45, 7) is 1.04. The molecule has 0 aromatic heterocycles. The molecule has 2 rings (SSSR count). The van der Waals surface area contributed by atoms with Gasteiger partial charge in [0.05, 0.1) is 13.2 Å². The van der Waals surface area contributed by atoms with Crippen LogP contribution in [0.25, 0.3) is 0 Å². The first-order chi connectivity index (χ1) is 13.2. The normalized spacial score (nSPS) is 10.1. The summed E-state index contributed by atoms with van der Waals surface area (Å²) in [5.74, 6) is 0.603. The van der Waals surface area contributed by atoms with Crippen LogP contribution in [0.1, 0.15) is 5.56 Å². The molecule has 0 spiro atoms. The summed E-state index contributed by atoms with van der Waals surface area (Å²) in [6, 6.07) is 16.9. The summed E-state index contributed by atoms with van der Waals surface area (Å²) in [7, 11) is 1.55. The highest BCUT2D eigenvalue weighted by Crippen LogP contribution is 2.18. The van der Waals surface area contributed by atoms with Crippen LogP contribution >= 0.6 is 0 Å². The fourth-order valence-corrected chi connectivity index (χ4v) is 2.11. The number of ether oxygens (including phenoxy) is 3. The molecule has 0 saturated carbocycles. The van der Waals surface area contributed by atoms with Crippen molar-refractivity contribution in [3.05, 3.63) is 60.2 Å². The maximum Gasteiger partial charge on any atom is 0.258 e. The van der Waals surface area contributed by atoms with E-state index in [1.807, 2.05) is 30.3 Å². The highest BCUT2D eigenvalue weighted by atomic mass is 16.5. The Morgan fingerprint density at radius 2 is 1.52 bits per heavy atom. The predicted molar refractivity (Wildman–Crippen MR) is 101 cm³/mol. The van der Waals surface area contributed by atoms with Gasteiger partial charge in [-0.1, -0.05) is 30.3 Å². The van der Waals surface area contributed by atoms with E-state index in [4.69, 9.17) is 14.2 Å². The topological polar surface area (TPSA) is 85.9 Å². The Bertz CT molecular complexity index is 704. The van der Waals surface area contributed by atoms with Gasteiger partial charge >= 0.3 is 0 Å². The van der Waals surface area contributed by atoms with Crippen molar-refractivity contribution in [2.75, 3.05) is 33.4 Å². The third kappa shape index (κ3) is 8.24. The van der Waals surface area contributed by atoms with E-state index >= 15 is 0 Å². The molecule has 0 fully saturated rings. The van der Waals surface area contributed by atoms with Crippen LogP contribution in [0, 0.1) is 0 Å². The summed E-state index contributed by atoms with van der Waals surface area (Å²) in [5.41, 5.74) is 1.08. The van der Waals surface area contributed by atoms with Crippen LogP contribution in [0.3, 0.4) is 0 Å². The van der Waals surface area contributed by atoms with E-state index in [0.29, 0.717) is 31.3 Å². The van der Waals surface area contributed by atoms with E-state index in [0.717, 1.165) is 5.56 Å². The van der Waals surface area contributed by atoms with Crippen LogP contribution in [-0.4, -0.2) is 45.2 Å². The number of nitrogens with one attached hydrogen (secondary N) is 2. The van der Waals surface area contributed by atoms with Gasteiger partial charge in [0.2, 0.25) is 5.91 Å². The zero-order valence-corrected chi connectivity index (χ0v) is 15.3. The molecule has 0 aliphatic rings. The van der Waals surface area contributed by atoms with Crippen LogP contribution in [0.5, 0.6) is 11.5 Å². The van der Waals surface area contributed by atoms with Gasteiger partial charge in [-0.3, -0.25) is 9.59 Å². The zero-order chi connectivity index (χ0) is 19.3. The van der Waals surface area contributed by atoms with E-state index < -0.39 is 0 Å². The average Bonchev–Trinajstić information content (AvgIpc) is 2.71. The Kier molecular flexibility index (Phi) is 8.65. The number of amides is 2. The van der Waals surface area contributed by atoms with E-state index in [-0.39, 0.29) is 25.0 Å². The highest BCUT2D eigenvalue weighted by molar-refractivity contribution is 5.85. The van der Waals surface area contributed by atoms with E-state index in [9.17, 15) is 9.59 Å². The van der Waals surface area contributed by atoms with Crippen LogP contribution in [0.2, 0.25) is 0 Å². The molecule has 2 amide bonds. The molecule has 7 heteroatoms. The Balaban J connectivity index is 1.65. The maximum absolute atomic E-state index is 11.7. The van der Waals surface area contributed by atoms with Gasteiger partial charge in [0.1, 0.15) is 18.1 Å². The van der Waals surface area contributed by atoms with Crippen molar-refractivity contribution in [1.29, 1.82) is 0 Å². The number of methoxy groups -OCH3 is 1. The molecule has 2 N–H and O–H groups in total. The van der Waals surface area contributed by atoms with E-state index in [1.165, 1.54) is 0 Å². The third-order valence-electron chi connectivity index (χ3n) is 3.52. The molecule has 0 aliphatic heterocycles. The molecule has 0 bridgehead atoms. The minimum atomic E-state index is -0.374. The van der Waals surface area contributed by atoms with Crippen molar-refractivity contribution in [1.82, 2.24) is 10.6 Å². The second-order valence-electron chi connectivity index (χ2n) is 5.65. The lowest BCUT2D eigenvalue weighted by Crippen LogP contribution is -2.39. The summed E-state index contributed by atoms with van der Waals surface area (Å²) in [4.78, 5) is 23.2. The average molecular weight is 372 g/mol. The van der Waals surface area contributed by atoms with Crippen molar-refractivity contribution in [2.24, 2.45) is 0 Å². The standard InChI is InChI=1S/C20H24N2O5/c1-25-12-11-21-19(23)13-22-20(24)15-27-18-9-7-17(8-10-18)26-14-16-5-3-2-4-6-16/h2-10H,11-15H2,1H3,(H,21,23)(H,22,24). The van der Waals surface area contributed by atoms with Crippen LogP contribution in [0.4, 0.5) is 0 Å². The highest BCUT2D eigenvalue weighted by Gasteiger charge is 2.06. The molecule has 0 aliphatic carbocycles. The molecule has 0 heterocycles. The fraction of sp³-hybridized carbons (Fsp3) is 0.300. The number of carbonyl (C=O) groups excluding carboxylic acids is 2. The first-order valence-electron chi connectivity index (χ1n) is 8.59. The minimum Gasteiger partial charge on any atom is -0.489 e. The van der Waals surface area contributed by atoms with Gasteiger partial charge in [-0.25, -0.2) is 0 Å². The summed E-state index contributed by atoms with van der Waals surface area (Å²) in [5, 5.41) is 5.10. The molecule has 0 saturated heterocycles. The molecule has 27 heavy (non-hydrogen) atoms. The lowest BCUT2D eigenvalue weighted by Gasteiger charge is -2.09. The molecule has 2 aromatic rings. The zero-order valence-electron chi connectivity index (χ0n) is 15.3. The molecule has 0 radical (unpaired) electrons. The Hall–Kier alpha value is -3.06. The number of rotatable bonds is 11. The van der Waals surface area contributed by atoms with E-state index in [2.05, 4.69) is 10.6 Å². The number of carbonyl (C=O) groups is 2. The molecule has 144 valence electrons. The second kappa shape index (κ2) is 11.5. The molecule has 7 nitrogen and oxygen atoms in total. The van der Waals surface area contributed by atoms with Gasteiger partial charge in [0.25, 0.3) is 5.91 Å². The van der Waals surface area contributed by atoms with Crippen LogP contribution in [-0.2, 0) is 20.9 Å². The number of benzene rings is 2. The van der Waals surface area contributed by atoms with Crippen LogP contribution < -0.4 is 20.1 Å². The van der Waals surface area contributed by atoms with Gasteiger partial charge in [-0.05, 0) is 29.8 Å². The monoisotopic (exact) mass is 372 g/mol. The summed E-state index contributed by atoms with van der Waals surface area (Å²) < 4.78 is 15.9. The SMILES string of the molecule is COCCNC(=O)CNC(=O)COc1ccc(OCc2ccccc2)cc1. The van der Waals surface area contributed by atoms with Gasteiger partial charge in [-0.15, -0.1) is 0 Å². The molecular weight excluding hydrogens is 348 g/mol. The van der Waals surface area contributed by atoms with Gasteiger partial charge in [0, 0.05) is 13.7 Å². The molecule has 2 aromatic carbocycles. The lowest BCUT2D eigenvalue weighted by molar-refractivity contribution is -0.127. The van der Waals surface area contributed by atoms with E-state index in [1.54, 1.807) is 31.4 Å². The van der Waals surface area contributed by atoms with Crippen molar-refractivity contribution >= 4 is 11.8 Å². The van der Waals surface area contributed by atoms with Gasteiger partial charge in [-0.2, -0.15) is 0 Å². The lowest BCUT2D eigenvalue weighted by atomic mass is 10.2. The van der Waals surface area contributed by atoms with Crippen molar-refractivity contribution in [3.63, 3.8) is 0 Å². The van der Waals surface area contributed by atoms with Crippen molar-refractivity contribution < 1.29 is 23.8 Å². The fourth-order valence-electron chi connectivity index (χ4n) is 2.11. The predicted octanol–water partition coefficient (Wildman–Crippen LogP) is 1.52. The number of hydrogen-bond acceptors (Lipinski definition) is 5. The van der Waals surface area contributed by atoms with Crippen molar-refractivity contribution in [3.8, 4) is 11.5 Å². The number of hydrogen-bond donors (Lipinski definition) is 2. The first-order valence-corrected chi connectivity index (χ1v) is 8.59. The summed E-state index contributed by atoms with van der Waals surface area (Å²) >= 11 is 0. The molecule has 0 unspecified atom stereocenters. The van der Waals surface area contributed by atoms with Crippen LogP contribution in [0.15, 0.2) is 54.6 Å². The Labute approximate surface area is 158 Å². The third-order valence-corrected chi connectivity index (χ3v) is 3.52. The van der Waals surface area contributed by atoms with Gasteiger partial charge < -0.3 is 24.8 Å². The second-order valence-corrected chi connectivity index (χ2v) is 5.65. The molecular formula is C20H24N2O5. The Morgan fingerprint density at radius 1 is 0.852 bits per heavy atom. The van der Waals surface area contributed by atoms with Crippen molar-refractivity contribution in [2.45, 2.75) is 6.61 Å². The molecule has 0 atom stereocenters. The van der Waals surface area contributed by atoms with Gasteiger partial charge in [0.15, 0.2) is 6.61 Å². The minimum absolute atomic E-state index is 0.0990. The smallest absolute Gasteiger partial charge is 0.258 e. The maximum atomic E-state index is 11.7.